The summed E-state index contributed by atoms with van der Waals surface area (Å²) < 4.78 is 20.6. The van der Waals surface area contributed by atoms with Gasteiger partial charge in [0.05, 0.1) is 8.95 Å². The fourth-order valence-electron chi connectivity index (χ4n) is 1.84. The summed E-state index contributed by atoms with van der Waals surface area (Å²) in [5, 5.41) is 0. The molecular formula is C15H14Br2FNO. The normalized spacial score (nSPS) is 10.6. The molecule has 0 saturated carbocycles. The second-order valence-corrected chi connectivity index (χ2v) is 6.05. The Balaban J connectivity index is 2.13. The zero-order valence-corrected chi connectivity index (χ0v) is 13.9. The minimum atomic E-state index is -0.262. The molecule has 0 saturated heterocycles. The monoisotopic (exact) mass is 401 g/mol. The fourth-order valence-corrected chi connectivity index (χ4v) is 3.35. The Morgan fingerprint density at radius 3 is 2.35 bits per heavy atom. The lowest BCUT2D eigenvalue weighted by Crippen LogP contribution is -2.03. The Hall–Kier alpha value is -0.910. The highest BCUT2D eigenvalue weighted by atomic mass is 79.9. The number of halogens is 3. The SMILES string of the molecule is NCCc1cc(Br)c(OCc2cccc(F)c2)c(Br)c1. The average molecular weight is 403 g/mol. The van der Waals surface area contributed by atoms with Gasteiger partial charge in [0, 0.05) is 0 Å². The van der Waals surface area contributed by atoms with E-state index in [4.69, 9.17) is 10.5 Å². The zero-order chi connectivity index (χ0) is 14.5. The Morgan fingerprint density at radius 1 is 1.05 bits per heavy atom. The maximum atomic E-state index is 13.1. The van der Waals surface area contributed by atoms with E-state index in [0.717, 1.165) is 26.5 Å². The third kappa shape index (κ3) is 4.04. The van der Waals surface area contributed by atoms with Gasteiger partial charge in [-0.1, -0.05) is 12.1 Å². The van der Waals surface area contributed by atoms with E-state index >= 15 is 0 Å². The third-order valence-corrected chi connectivity index (χ3v) is 3.94. The van der Waals surface area contributed by atoms with Gasteiger partial charge < -0.3 is 10.5 Å². The molecule has 2 nitrogen and oxygen atoms in total. The van der Waals surface area contributed by atoms with Gasteiger partial charge in [-0.3, -0.25) is 0 Å². The summed E-state index contributed by atoms with van der Waals surface area (Å²) in [5.74, 6) is 0.442. The van der Waals surface area contributed by atoms with Gasteiger partial charge in [-0.25, -0.2) is 4.39 Å². The highest BCUT2D eigenvalue weighted by molar-refractivity contribution is 9.11. The molecule has 0 radical (unpaired) electrons. The van der Waals surface area contributed by atoms with Crippen molar-refractivity contribution in [2.75, 3.05) is 6.54 Å². The van der Waals surface area contributed by atoms with Crippen LogP contribution < -0.4 is 10.5 Å². The van der Waals surface area contributed by atoms with E-state index in [1.165, 1.54) is 12.1 Å². The molecule has 2 aromatic rings. The fraction of sp³-hybridized carbons (Fsp3) is 0.200. The van der Waals surface area contributed by atoms with Crippen molar-refractivity contribution in [3.8, 4) is 5.75 Å². The minimum absolute atomic E-state index is 0.262. The van der Waals surface area contributed by atoms with Crippen molar-refractivity contribution < 1.29 is 9.13 Å². The van der Waals surface area contributed by atoms with Crippen LogP contribution in [-0.4, -0.2) is 6.54 Å². The Bertz CT molecular complexity index is 581. The second kappa shape index (κ2) is 7.20. The molecule has 0 spiro atoms. The van der Waals surface area contributed by atoms with Gasteiger partial charge in [-0.2, -0.15) is 0 Å². The predicted octanol–water partition coefficient (Wildman–Crippen LogP) is 4.43. The van der Waals surface area contributed by atoms with Crippen LogP contribution in [0.4, 0.5) is 4.39 Å². The van der Waals surface area contributed by atoms with Crippen LogP contribution in [0.15, 0.2) is 45.3 Å². The van der Waals surface area contributed by atoms with Crippen LogP contribution in [0.25, 0.3) is 0 Å². The van der Waals surface area contributed by atoms with Crippen LogP contribution in [0.3, 0.4) is 0 Å². The molecule has 5 heteroatoms. The lowest BCUT2D eigenvalue weighted by molar-refractivity contribution is 0.301. The van der Waals surface area contributed by atoms with Crippen molar-refractivity contribution in [1.82, 2.24) is 0 Å². The Labute approximate surface area is 134 Å². The topological polar surface area (TPSA) is 35.2 Å². The summed E-state index contributed by atoms with van der Waals surface area (Å²) in [6.45, 7) is 0.910. The molecule has 2 N–H and O–H groups in total. The van der Waals surface area contributed by atoms with E-state index in [1.54, 1.807) is 6.07 Å². The molecule has 0 bridgehead atoms. The number of hydrogen-bond donors (Lipinski definition) is 1. The average Bonchev–Trinajstić information content (AvgIpc) is 2.38. The first-order chi connectivity index (χ1) is 9.60. The first-order valence-corrected chi connectivity index (χ1v) is 7.74. The molecule has 0 unspecified atom stereocenters. The molecule has 0 amide bonds. The first-order valence-electron chi connectivity index (χ1n) is 6.15. The standard InChI is InChI=1S/C15H14Br2FNO/c16-13-7-10(4-5-19)8-14(17)15(13)20-9-11-2-1-3-12(18)6-11/h1-3,6-8H,4-5,9,19H2. The molecule has 20 heavy (non-hydrogen) atoms. The molecule has 106 valence electrons. The number of nitrogens with two attached hydrogens (primary N) is 1. The van der Waals surface area contributed by atoms with Crippen LogP contribution in [0.2, 0.25) is 0 Å². The predicted molar refractivity (Wildman–Crippen MR) is 85.3 cm³/mol. The summed E-state index contributed by atoms with van der Waals surface area (Å²) in [6, 6.07) is 10.3. The third-order valence-electron chi connectivity index (χ3n) is 2.76. The lowest BCUT2D eigenvalue weighted by Gasteiger charge is -2.12. The molecule has 0 heterocycles. The molecule has 0 aliphatic rings. The number of rotatable bonds is 5. The quantitative estimate of drug-likeness (QED) is 0.802. The summed E-state index contributed by atoms with van der Waals surface area (Å²) in [6.07, 6.45) is 0.807. The van der Waals surface area contributed by atoms with Crippen molar-refractivity contribution in [1.29, 1.82) is 0 Å². The van der Waals surface area contributed by atoms with E-state index in [-0.39, 0.29) is 5.82 Å². The summed E-state index contributed by atoms with van der Waals surface area (Å²) in [4.78, 5) is 0. The number of benzene rings is 2. The molecule has 0 aromatic heterocycles. The minimum Gasteiger partial charge on any atom is -0.487 e. The largest absolute Gasteiger partial charge is 0.487 e. The Kier molecular flexibility index (Phi) is 5.57. The lowest BCUT2D eigenvalue weighted by atomic mass is 10.1. The van der Waals surface area contributed by atoms with Crippen LogP contribution in [0.1, 0.15) is 11.1 Å². The first kappa shape index (κ1) is 15.5. The smallest absolute Gasteiger partial charge is 0.148 e. The molecule has 2 rings (SSSR count). The molecule has 0 aliphatic heterocycles. The zero-order valence-electron chi connectivity index (χ0n) is 10.7. The van der Waals surface area contributed by atoms with Crippen LogP contribution in [0.5, 0.6) is 5.75 Å². The molecule has 0 atom stereocenters. The van der Waals surface area contributed by atoms with Gasteiger partial charge >= 0.3 is 0 Å². The van der Waals surface area contributed by atoms with E-state index in [9.17, 15) is 4.39 Å². The Morgan fingerprint density at radius 2 is 1.75 bits per heavy atom. The molecule has 0 fully saturated rings. The van der Waals surface area contributed by atoms with Crippen molar-refractivity contribution in [3.63, 3.8) is 0 Å². The van der Waals surface area contributed by atoms with Crippen molar-refractivity contribution in [2.24, 2.45) is 5.73 Å². The van der Waals surface area contributed by atoms with Gasteiger partial charge in [-0.15, -0.1) is 0 Å². The van der Waals surface area contributed by atoms with Gasteiger partial charge in [0.15, 0.2) is 0 Å². The highest BCUT2D eigenvalue weighted by Gasteiger charge is 2.09. The number of ether oxygens (including phenoxy) is 1. The number of hydrogen-bond acceptors (Lipinski definition) is 2. The highest BCUT2D eigenvalue weighted by Crippen LogP contribution is 2.35. The molecule has 0 aliphatic carbocycles. The van der Waals surface area contributed by atoms with Gasteiger partial charge in [0.1, 0.15) is 18.2 Å². The van der Waals surface area contributed by atoms with Crippen LogP contribution in [0, 0.1) is 5.82 Å². The summed E-state index contributed by atoms with van der Waals surface area (Å²) in [7, 11) is 0. The molecular weight excluding hydrogens is 389 g/mol. The molecule has 2 aromatic carbocycles. The maximum Gasteiger partial charge on any atom is 0.148 e. The van der Waals surface area contributed by atoms with Gasteiger partial charge in [0.2, 0.25) is 0 Å². The summed E-state index contributed by atoms with van der Waals surface area (Å²) in [5.41, 5.74) is 7.47. The van der Waals surface area contributed by atoms with Crippen LogP contribution >= 0.6 is 31.9 Å². The van der Waals surface area contributed by atoms with Crippen molar-refractivity contribution >= 4 is 31.9 Å². The summed E-state index contributed by atoms with van der Waals surface area (Å²) >= 11 is 6.97. The van der Waals surface area contributed by atoms with E-state index in [2.05, 4.69) is 31.9 Å². The second-order valence-electron chi connectivity index (χ2n) is 4.35. The van der Waals surface area contributed by atoms with Gasteiger partial charge in [0.25, 0.3) is 0 Å². The van der Waals surface area contributed by atoms with Crippen LogP contribution in [-0.2, 0) is 13.0 Å². The van der Waals surface area contributed by atoms with E-state index in [0.29, 0.717) is 18.9 Å². The van der Waals surface area contributed by atoms with E-state index < -0.39 is 0 Å². The maximum absolute atomic E-state index is 13.1. The van der Waals surface area contributed by atoms with Crippen molar-refractivity contribution in [3.05, 3.63) is 62.3 Å². The van der Waals surface area contributed by atoms with E-state index in [1.807, 2.05) is 18.2 Å². The van der Waals surface area contributed by atoms with Crippen molar-refractivity contribution in [2.45, 2.75) is 13.0 Å². The van der Waals surface area contributed by atoms with Gasteiger partial charge in [-0.05, 0) is 80.2 Å².